The van der Waals surface area contributed by atoms with Gasteiger partial charge >= 0.3 is 0 Å². The van der Waals surface area contributed by atoms with Crippen molar-refractivity contribution in [3.8, 4) is 0 Å². The van der Waals surface area contributed by atoms with E-state index in [0.717, 1.165) is 6.42 Å². The van der Waals surface area contributed by atoms with Crippen LogP contribution in [0.15, 0.2) is 0 Å². The average Bonchev–Trinajstić information content (AvgIpc) is 2.14. The normalized spacial score (nSPS) is 13.4. The first kappa shape index (κ1) is 13.9. The Hall–Kier alpha value is -1.10. The first-order valence-electron chi connectivity index (χ1n) is 5.04. The molecule has 0 fully saturated rings. The van der Waals surface area contributed by atoms with Gasteiger partial charge in [0, 0.05) is 12.6 Å². The van der Waals surface area contributed by atoms with E-state index < -0.39 is 11.9 Å². The lowest BCUT2D eigenvalue weighted by Crippen LogP contribution is -2.52. The molecule has 5 nitrogen and oxygen atoms in total. The van der Waals surface area contributed by atoms with Gasteiger partial charge in [-0.2, -0.15) is 0 Å². The third kappa shape index (κ3) is 3.87. The summed E-state index contributed by atoms with van der Waals surface area (Å²) in [5.41, 5.74) is 10.3. The zero-order chi connectivity index (χ0) is 12.2. The highest BCUT2D eigenvalue weighted by atomic mass is 16.2. The molecule has 0 aromatic rings. The fraction of sp³-hybridized carbons (Fsp3) is 0.800. The summed E-state index contributed by atoms with van der Waals surface area (Å²) in [6.45, 7) is 5.88. The largest absolute Gasteiger partial charge is 0.370 e. The maximum absolute atomic E-state index is 11.8. The first-order valence-corrected chi connectivity index (χ1v) is 5.04. The molecule has 0 aliphatic rings. The minimum absolute atomic E-state index is 0.108. The molecule has 0 bridgehead atoms. The van der Waals surface area contributed by atoms with Gasteiger partial charge in [0.2, 0.25) is 11.8 Å². The van der Waals surface area contributed by atoms with Crippen LogP contribution in [0.1, 0.15) is 33.6 Å². The number of likely N-dealkylation sites (N-methyl/N-ethyl adjacent to an activating group) is 1. The number of carbonyl (C=O) groups excluding carboxylic acids is 2. The van der Waals surface area contributed by atoms with E-state index in [-0.39, 0.29) is 17.9 Å². The topological polar surface area (TPSA) is 89.4 Å². The van der Waals surface area contributed by atoms with Crippen LogP contribution in [0.25, 0.3) is 0 Å². The molecule has 0 aliphatic carbocycles. The van der Waals surface area contributed by atoms with Gasteiger partial charge in [-0.1, -0.05) is 6.92 Å². The first-order chi connectivity index (χ1) is 6.72. The third-order valence-electron chi connectivity index (χ3n) is 2.84. The van der Waals surface area contributed by atoms with Gasteiger partial charge in [0.25, 0.3) is 0 Å². The molecule has 4 N–H and O–H groups in total. The summed E-state index contributed by atoms with van der Waals surface area (Å²) in [4.78, 5) is 24.0. The fourth-order valence-corrected chi connectivity index (χ4v) is 1.09. The molecular weight excluding hydrogens is 194 g/mol. The maximum atomic E-state index is 11.8. The third-order valence-corrected chi connectivity index (χ3v) is 2.84. The second-order valence-electron chi connectivity index (χ2n) is 4.34. The van der Waals surface area contributed by atoms with Crippen LogP contribution < -0.4 is 11.5 Å². The van der Waals surface area contributed by atoms with E-state index in [4.69, 9.17) is 11.5 Å². The lowest BCUT2D eigenvalue weighted by Gasteiger charge is -2.36. The SMILES string of the molecule is CCC(C)(C)N(C)C(=O)C(N)CC(N)=O. The van der Waals surface area contributed by atoms with Gasteiger partial charge < -0.3 is 16.4 Å². The van der Waals surface area contributed by atoms with Crippen LogP contribution in [0, 0.1) is 0 Å². The number of amides is 2. The Kier molecular flexibility index (Phi) is 4.74. The summed E-state index contributed by atoms with van der Waals surface area (Å²) < 4.78 is 0. The van der Waals surface area contributed by atoms with Gasteiger partial charge in [-0.05, 0) is 20.3 Å². The monoisotopic (exact) mass is 215 g/mol. The maximum Gasteiger partial charge on any atom is 0.240 e. The summed E-state index contributed by atoms with van der Waals surface area (Å²) in [5.74, 6) is -0.806. The van der Waals surface area contributed by atoms with E-state index in [9.17, 15) is 9.59 Å². The summed E-state index contributed by atoms with van der Waals surface area (Å²) in [6, 6.07) is -0.835. The van der Waals surface area contributed by atoms with Gasteiger partial charge in [-0.25, -0.2) is 0 Å². The van der Waals surface area contributed by atoms with E-state index in [1.807, 2.05) is 20.8 Å². The molecule has 1 unspecified atom stereocenters. The highest BCUT2D eigenvalue weighted by molar-refractivity contribution is 5.87. The Labute approximate surface area is 90.8 Å². The van der Waals surface area contributed by atoms with Crippen molar-refractivity contribution in [3.05, 3.63) is 0 Å². The van der Waals surface area contributed by atoms with Crippen LogP contribution in [-0.2, 0) is 9.59 Å². The number of nitrogens with two attached hydrogens (primary N) is 2. The van der Waals surface area contributed by atoms with E-state index in [1.165, 1.54) is 0 Å². The number of rotatable bonds is 5. The molecule has 1 atom stereocenters. The van der Waals surface area contributed by atoms with Gasteiger partial charge in [-0.3, -0.25) is 9.59 Å². The van der Waals surface area contributed by atoms with Crippen LogP contribution in [0.4, 0.5) is 0 Å². The van der Waals surface area contributed by atoms with E-state index in [0.29, 0.717) is 0 Å². The number of carbonyl (C=O) groups is 2. The van der Waals surface area contributed by atoms with E-state index in [1.54, 1.807) is 11.9 Å². The Bertz CT molecular complexity index is 251. The summed E-state index contributed by atoms with van der Waals surface area (Å²) in [5, 5.41) is 0. The zero-order valence-electron chi connectivity index (χ0n) is 9.91. The molecule has 0 rings (SSSR count). The molecule has 2 amide bonds. The van der Waals surface area contributed by atoms with Gasteiger partial charge in [0.1, 0.15) is 0 Å². The van der Waals surface area contributed by atoms with Crippen molar-refractivity contribution in [1.29, 1.82) is 0 Å². The van der Waals surface area contributed by atoms with Crippen molar-refractivity contribution >= 4 is 11.8 Å². The van der Waals surface area contributed by atoms with Gasteiger partial charge in [-0.15, -0.1) is 0 Å². The molecule has 15 heavy (non-hydrogen) atoms. The van der Waals surface area contributed by atoms with Crippen LogP contribution in [-0.4, -0.2) is 35.3 Å². The van der Waals surface area contributed by atoms with Crippen LogP contribution in [0.3, 0.4) is 0 Å². The molecule has 5 heteroatoms. The van der Waals surface area contributed by atoms with Crippen LogP contribution >= 0.6 is 0 Å². The fourth-order valence-electron chi connectivity index (χ4n) is 1.09. The second kappa shape index (κ2) is 5.11. The molecule has 0 saturated carbocycles. The van der Waals surface area contributed by atoms with Crippen molar-refractivity contribution < 1.29 is 9.59 Å². The van der Waals surface area contributed by atoms with Gasteiger partial charge in [0.15, 0.2) is 0 Å². The van der Waals surface area contributed by atoms with E-state index in [2.05, 4.69) is 0 Å². The van der Waals surface area contributed by atoms with Crippen molar-refractivity contribution in [3.63, 3.8) is 0 Å². The summed E-state index contributed by atoms with van der Waals surface area (Å²) >= 11 is 0. The predicted molar refractivity (Wildman–Crippen MR) is 58.9 cm³/mol. The standard InChI is InChI=1S/C10H21N3O2/c1-5-10(2,3)13(4)9(15)7(11)6-8(12)14/h7H,5-6,11H2,1-4H3,(H2,12,14). The van der Waals surface area contributed by atoms with Crippen molar-refractivity contribution in [2.75, 3.05) is 7.05 Å². The summed E-state index contributed by atoms with van der Waals surface area (Å²) in [7, 11) is 1.69. The quantitative estimate of drug-likeness (QED) is 0.667. The molecule has 88 valence electrons. The summed E-state index contributed by atoms with van der Waals surface area (Å²) in [6.07, 6.45) is 0.710. The molecule has 0 aromatic carbocycles. The molecular formula is C10H21N3O2. The zero-order valence-corrected chi connectivity index (χ0v) is 9.91. The average molecular weight is 215 g/mol. The molecule has 0 aromatic heterocycles. The van der Waals surface area contributed by atoms with Crippen molar-refractivity contribution in [1.82, 2.24) is 4.90 Å². The minimum Gasteiger partial charge on any atom is -0.370 e. The Morgan fingerprint density at radius 1 is 1.40 bits per heavy atom. The molecule has 0 aliphatic heterocycles. The molecule has 0 spiro atoms. The molecule has 0 radical (unpaired) electrons. The highest BCUT2D eigenvalue weighted by Gasteiger charge is 2.29. The highest BCUT2D eigenvalue weighted by Crippen LogP contribution is 2.17. The van der Waals surface area contributed by atoms with E-state index >= 15 is 0 Å². The Morgan fingerprint density at radius 3 is 2.20 bits per heavy atom. The Morgan fingerprint density at radius 2 is 1.87 bits per heavy atom. The smallest absolute Gasteiger partial charge is 0.240 e. The Balaban J connectivity index is 4.51. The second-order valence-corrected chi connectivity index (χ2v) is 4.34. The number of primary amides is 1. The molecule has 0 saturated heterocycles. The van der Waals surface area contributed by atoms with Crippen LogP contribution in [0.5, 0.6) is 0 Å². The predicted octanol–water partition coefficient (Wildman–Crippen LogP) is -0.164. The molecule has 0 heterocycles. The van der Waals surface area contributed by atoms with Gasteiger partial charge in [0.05, 0.1) is 12.5 Å². The lowest BCUT2D eigenvalue weighted by molar-refractivity contribution is -0.137. The number of hydrogen-bond donors (Lipinski definition) is 2. The number of nitrogens with zero attached hydrogens (tertiary/aromatic N) is 1. The van der Waals surface area contributed by atoms with Crippen molar-refractivity contribution in [2.45, 2.75) is 45.2 Å². The number of hydrogen-bond acceptors (Lipinski definition) is 3. The minimum atomic E-state index is -0.835. The van der Waals surface area contributed by atoms with Crippen LogP contribution in [0.2, 0.25) is 0 Å². The van der Waals surface area contributed by atoms with Crippen molar-refractivity contribution in [2.24, 2.45) is 11.5 Å². The lowest BCUT2D eigenvalue weighted by atomic mass is 9.98.